The Bertz CT molecular complexity index is 328. The molecule has 0 saturated heterocycles. The summed E-state index contributed by atoms with van der Waals surface area (Å²) in [5, 5.41) is 13.2. The monoisotopic (exact) mass is 221 g/mol. The Balaban J connectivity index is 3.02. The van der Waals surface area contributed by atoms with Gasteiger partial charge >= 0.3 is 6.01 Å². The molecule has 1 N–H and O–H groups in total. The van der Waals surface area contributed by atoms with Gasteiger partial charge < -0.3 is 5.11 Å². The van der Waals surface area contributed by atoms with Gasteiger partial charge in [-0.3, -0.25) is 0 Å². The van der Waals surface area contributed by atoms with Crippen LogP contribution >= 0.6 is 23.2 Å². The molecule has 0 aliphatic rings. The third-order valence-corrected chi connectivity index (χ3v) is 1.58. The quantitative estimate of drug-likeness (QED) is 0.835. The zero-order valence-corrected chi connectivity index (χ0v) is 8.71. The van der Waals surface area contributed by atoms with E-state index in [1.165, 1.54) is 10.8 Å². The van der Waals surface area contributed by atoms with E-state index >= 15 is 0 Å². The van der Waals surface area contributed by atoms with Crippen LogP contribution in [0.1, 0.15) is 25.7 Å². The Hall–Kier alpha value is -0.740. The molecule has 13 heavy (non-hydrogen) atoms. The van der Waals surface area contributed by atoms with Crippen molar-refractivity contribution in [1.29, 1.82) is 0 Å². The van der Waals surface area contributed by atoms with Gasteiger partial charge in [0.15, 0.2) is 5.82 Å². The van der Waals surface area contributed by atoms with E-state index in [2.05, 4.69) is 10.1 Å². The summed E-state index contributed by atoms with van der Waals surface area (Å²) in [7, 11) is 0. The van der Waals surface area contributed by atoms with Crippen LogP contribution in [-0.4, -0.2) is 19.9 Å². The van der Waals surface area contributed by atoms with Gasteiger partial charge in [-0.05, 0) is 13.8 Å². The minimum atomic E-state index is -0.143. The second kappa shape index (κ2) is 3.98. The second-order valence-corrected chi connectivity index (χ2v) is 3.75. The van der Waals surface area contributed by atoms with Crippen LogP contribution in [0.25, 0.3) is 6.08 Å². The number of hydrogen-bond acceptors (Lipinski definition) is 3. The summed E-state index contributed by atoms with van der Waals surface area (Å²) < 4.78 is 1.43. The van der Waals surface area contributed by atoms with E-state index in [-0.39, 0.29) is 16.5 Å². The predicted molar refractivity (Wildman–Crippen MR) is 51.8 cm³/mol. The first-order chi connectivity index (χ1) is 6.00. The van der Waals surface area contributed by atoms with Crippen molar-refractivity contribution in [3.05, 3.63) is 10.3 Å². The highest BCUT2D eigenvalue weighted by Gasteiger charge is 2.09. The van der Waals surface area contributed by atoms with Gasteiger partial charge in [0.2, 0.25) is 0 Å². The smallest absolute Gasteiger partial charge is 0.313 e. The van der Waals surface area contributed by atoms with Crippen LogP contribution in [0.2, 0.25) is 0 Å². The molecule has 1 aromatic heterocycles. The number of rotatable bonds is 2. The Morgan fingerprint density at radius 2 is 2.15 bits per heavy atom. The van der Waals surface area contributed by atoms with Crippen LogP contribution in [0.5, 0.6) is 6.01 Å². The Labute approximate surface area is 85.8 Å². The van der Waals surface area contributed by atoms with Crippen molar-refractivity contribution in [1.82, 2.24) is 14.8 Å². The van der Waals surface area contributed by atoms with Crippen LogP contribution in [-0.2, 0) is 0 Å². The molecule has 72 valence electrons. The molecule has 0 aliphatic carbocycles. The molecule has 0 unspecified atom stereocenters. The van der Waals surface area contributed by atoms with Gasteiger partial charge in [-0.2, -0.15) is 4.98 Å². The fourth-order valence-corrected chi connectivity index (χ4v) is 1.03. The minimum absolute atomic E-state index is 0.0451. The zero-order valence-electron chi connectivity index (χ0n) is 7.20. The van der Waals surface area contributed by atoms with Crippen molar-refractivity contribution >= 4 is 29.3 Å². The molecule has 0 spiro atoms. The average Bonchev–Trinajstić information content (AvgIpc) is 2.29. The van der Waals surface area contributed by atoms with E-state index in [0.29, 0.717) is 5.82 Å². The summed E-state index contributed by atoms with van der Waals surface area (Å²) in [6, 6.07) is -0.0976. The number of halogens is 2. The molecule has 0 aliphatic heterocycles. The standard InChI is InChI=1S/C7H9Cl2N3O/c1-4(2)12-7(13)10-6(11-12)3-5(8)9/h3-4H,1-2H3,(H,10,11,13). The molecular formula is C7H9Cl2N3O. The normalized spacial score (nSPS) is 10.5. The van der Waals surface area contributed by atoms with Gasteiger partial charge in [0.25, 0.3) is 0 Å². The summed E-state index contributed by atoms with van der Waals surface area (Å²) in [6.07, 6.45) is 1.36. The topological polar surface area (TPSA) is 50.9 Å². The number of hydrogen-bond donors (Lipinski definition) is 1. The summed E-state index contributed by atoms with van der Waals surface area (Å²) >= 11 is 10.8. The molecule has 0 radical (unpaired) electrons. The van der Waals surface area contributed by atoms with Crippen LogP contribution in [0, 0.1) is 0 Å². The molecule has 0 bridgehead atoms. The maximum Gasteiger partial charge on any atom is 0.313 e. The van der Waals surface area contributed by atoms with E-state index in [0.717, 1.165) is 0 Å². The summed E-state index contributed by atoms with van der Waals surface area (Å²) in [6.45, 7) is 3.76. The van der Waals surface area contributed by atoms with Crippen LogP contribution < -0.4 is 0 Å². The van der Waals surface area contributed by atoms with Crippen molar-refractivity contribution in [2.75, 3.05) is 0 Å². The third kappa shape index (κ3) is 2.60. The molecule has 0 aromatic carbocycles. The van der Waals surface area contributed by atoms with Gasteiger partial charge in [-0.25, -0.2) is 4.68 Å². The lowest BCUT2D eigenvalue weighted by Gasteiger charge is -2.03. The lowest BCUT2D eigenvalue weighted by Crippen LogP contribution is -2.01. The molecule has 0 fully saturated rings. The lowest BCUT2D eigenvalue weighted by atomic mass is 10.4. The third-order valence-electron chi connectivity index (χ3n) is 1.36. The van der Waals surface area contributed by atoms with E-state index in [1.54, 1.807) is 0 Å². The summed E-state index contributed by atoms with van der Waals surface area (Å²) in [5.41, 5.74) is 0. The number of nitrogens with zero attached hydrogens (tertiary/aromatic N) is 3. The molecule has 0 saturated carbocycles. The largest absolute Gasteiger partial charge is 0.479 e. The maximum atomic E-state index is 9.29. The first-order valence-electron chi connectivity index (χ1n) is 3.69. The van der Waals surface area contributed by atoms with E-state index < -0.39 is 0 Å². The van der Waals surface area contributed by atoms with Gasteiger partial charge in [0, 0.05) is 6.08 Å². The first kappa shape index (κ1) is 10.3. The van der Waals surface area contributed by atoms with Gasteiger partial charge in [-0.15, -0.1) is 5.10 Å². The van der Waals surface area contributed by atoms with E-state index in [1.807, 2.05) is 13.8 Å². The zero-order chi connectivity index (χ0) is 10.0. The summed E-state index contributed by atoms with van der Waals surface area (Å²) in [5.74, 6) is 0.297. The highest BCUT2D eigenvalue weighted by Crippen LogP contribution is 2.16. The molecule has 1 aromatic rings. The van der Waals surface area contributed by atoms with E-state index in [9.17, 15) is 5.11 Å². The van der Waals surface area contributed by atoms with Gasteiger partial charge in [0.05, 0.1) is 6.04 Å². The van der Waals surface area contributed by atoms with Crippen molar-refractivity contribution < 1.29 is 5.11 Å². The lowest BCUT2D eigenvalue weighted by molar-refractivity contribution is 0.364. The van der Waals surface area contributed by atoms with Crippen molar-refractivity contribution in [2.24, 2.45) is 0 Å². The number of aromatic nitrogens is 3. The second-order valence-electron chi connectivity index (χ2n) is 2.74. The first-order valence-corrected chi connectivity index (χ1v) is 4.44. The predicted octanol–water partition coefficient (Wildman–Crippen LogP) is 2.34. The highest BCUT2D eigenvalue weighted by atomic mass is 35.5. The van der Waals surface area contributed by atoms with Gasteiger partial charge in [-0.1, -0.05) is 23.2 Å². The highest BCUT2D eigenvalue weighted by molar-refractivity contribution is 6.57. The number of aromatic hydroxyl groups is 1. The fraction of sp³-hybridized carbons (Fsp3) is 0.429. The minimum Gasteiger partial charge on any atom is -0.479 e. The van der Waals surface area contributed by atoms with Crippen molar-refractivity contribution in [3.63, 3.8) is 0 Å². The van der Waals surface area contributed by atoms with Crippen LogP contribution in [0.4, 0.5) is 0 Å². The van der Waals surface area contributed by atoms with Crippen LogP contribution in [0.3, 0.4) is 0 Å². The Morgan fingerprint density at radius 1 is 1.54 bits per heavy atom. The molecule has 0 atom stereocenters. The molecule has 1 rings (SSSR count). The van der Waals surface area contributed by atoms with E-state index in [4.69, 9.17) is 23.2 Å². The molecular weight excluding hydrogens is 213 g/mol. The molecule has 6 heteroatoms. The van der Waals surface area contributed by atoms with Crippen LogP contribution in [0.15, 0.2) is 4.49 Å². The van der Waals surface area contributed by atoms with Crippen molar-refractivity contribution in [2.45, 2.75) is 19.9 Å². The Kier molecular flexibility index (Phi) is 3.17. The van der Waals surface area contributed by atoms with Gasteiger partial charge in [0.1, 0.15) is 4.49 Å². The van der Waals surface area contributed by atoms with Crippen molar-refractivity contribution in [3.8, 4) is 6.01 Å². The average molecular weight is 222 g/mol. The molecule has 1 heterocycles. The fourth-order valence-electron chi connectivity index (χ4n) is 0.836. The molecule has 0 amide bonds. The maximum absolute atomic E-state index is 9.29. The molecule has 4 nitrogen and oxygen atoms in total. The Morgan fingerprint density at radius 3 is 2.54 bits per heavy atom. The summed E-state index contributed by atoms with van der Waals surface area (Å²) in [4.78, 5) is 3.73. The SMILES string of the molecule is CC(C)n1nc(C=C(Cl)Cl)nc1O.